The van der Waals surface area contributed by atoms with Crippen molar-refractivity contribution in [3.63, 3.8) is 0 Å². The summed E-state index contributed by atoms with van der Waals surface area (Å²) in [6.45, 7) is 7.42. The lowest BCUT2D eigenvalue weighted by atomic mass is 9.88. The zero-order chi connectivity index (χ0) is 25.8. The van der Waals surface area contributed by atoms with E-state index in [0.717, 1.165) is 76.9 Å². The Labute approximate surface area is 228 Å². The minimum Gasteiger partial charge on any atom is -0.436 e. The van der Waals surface area contributed by atoms with Gasteiger partial charge < -0.3 is 9.64 Å². The molecular weight excluding hydrogens is 503 g/mol. The van der Waals surface area contributed by atoms with E-state index in [2.05, 4.69) is 41.8 Å². The first-order valence-electron chi connectivity index (χ1n) is 12.6. The monoisotopic (exact) mass is 532 g/mol. The van der Waals surface area contributed by atoms with E-state index in [1.807, 2.05) is 54.6 Å². The molecule has 0 saturated carbocycles. The Kier molecular flexibility index (Phi) is 7.71. The summed E-state index contributed by atoms with van der Waals surface area (Å²) in [7, 11) is 0. The molecule has 5 rings (SSSR count). The maximum Gasteiger partial charge on any atom is 0.415 e. The molecule has 0 aromatic heterocycles. The molecule has 2 fully saturated rings. The predicted molar refractivity (Wildman–Crippen MR) is 151 cm³/mol. The van der Waals surface area contributed by atoms with Crippen LogP contribution in [0.1, 0.15) is 36.0 Å². The molecular formula is C31H30Cl2N2O2. The normalized spacial score (nSPS) is 17.2. The Morgan fingerprint density at radius 1 is 0.892 bits per heavy atom. The largest absolute Gasteiger partial charge is 0.436 e. The molecule has 0 N–H and O–H groups in total. The van der Waals surface area contributed by atoms with Gasteiger partial charge in [-0.1, -0.05) is 90.5 Å². The molecule has 4 nitrogen and oxygen atoms in total. The number of carbonyl (C=O) groups excluding carboxylic acids is 1. The molecule has 2 aliphatic heterocycles. The third kappa shape index (κ3) is 5.77. The van der Waals surface area contributed by atoms with Crippen molar-refractivity contribution in [2.75, 3.05) is 19.6 Å². The lowest BCUT2D eigenvalue weighted by Crippen LogP contribution is -2.45. The van der Waals surface area contributed by atoms with Gasteiger partial charge in [0.05, 0.1) is 12.2 Å². The minimum atomic E-state index is -0.587. The zero-order valence-electron chi connectivity index (χ0n) is 20.7. The van der Waals surface area contributed by atoms with Crippen LogP contribution in [-0.4, -0.2) is 41.1 Å². The van der Waals surface area contributed by atoms with Gasteiger partial charge in [0.15, 0.2) is 5.60 Å². The molecule has 0 atom stereocenters. The second-order valence-electron chi connectivity index (χ2n) is 9.64. The van der Waals surface area contributed by atoms with Gasteiger partial charge in [-0.3, -0.25) is 4.90 Å². The van der Waals surface area contributed by atoms with E-state index in [9.17, 15) is 4.79 Å². The standard InChI is InChI=1S/C31H30Cl2N2O2/c1-23-31(37-30(36)35(23)22-24-6-3-2-4-7-24)17-20-34(21-18-31)19-5-8-29(25-9-13-27(32)14-10-25)26-11-15-28(33)16-12-26/h2-4,6-16H,1,5,17-22H2. The fourth-order valence-corrected chi connectivity index (χ4v) is 5.40. The van der Waals surface area contributed by atoms with Crippen LogP contribution in [0.3, 0.4) is 0 Å². The van der Waals surface area contributed by atoms with Crippen LogP contribution in [0, 0.1) is 0 Å². The Hall–Kier alpha value is -3.05. The van der Waals surface area contributed by atoms with Gasteiger partial charge in [-0.25, -0.2) is 4.79 Å². The Morgan fingerprint density at radius 3 is 2.03 bits per heavy atom. The van der Waals surface area contributed by atoms with Crippen molar-refractivity contribution < 1.29 is 9.53 Å². The van der Waals surface area contributed by atoms with Crippen molar-refractivity contribution in [2.45, 2.75) is 31.4 Å². The van der Waals surface area contributed by atoms with Crippen molar-refractivity contribution in [3.05, 3.63) is 124 Å². The van der Waals surface area contributed by atoms with Gasteiger partial charge in [-0.05, 0) is 52.9 Å². The summed E-state index contributed by atoms with van der Waals surface area (Å²) < 4.78 is 5.94. The van der Waals surface area contributed by atoms with Gasteiger partial charge in [0.1, 0.15) is 0 Å². The minimum absolute atomic E-state index is 0.291. The highest BCUT2D eigenvalue weighted by Gasteiger charge is 2.50. The SMILES string of the molecule is C=C1N(Cc2ccccc2)C(=O)OC12CCN(CCC=C(c1ccc(Cl)cc1)c1ccc(Cl)cc1)CC2. The Bertz CT molecular complexity index is 1230. The van der Waals surface area contributed by atoms with Crippen LogP contribution in [0.15, 0.2) is 97.2 Å². The third-order valence-corrected chi connectivity index (χ3v) is 7.81. The molecule has 0 radical (unpaired) electrons. The number of likely N-dealkylation sites (tertiary alicyclic amines) is 1. The Morgan fingerprint density at radius 2 is 1.46 bits per heavy atom. The molecule has 3 aromatic carbocycles. The topological polar surface area (TPSA) is 32.8 Å². The fourth-order valence-electron chi connectivity index (χ4n) is 5.14. The van der Waals surface area contributed by atoms with Gasteiger partial charge in [0, 0.05) is 42.5 Å². The van der Waals surface area contributed by atoms with E-state index >= 15 is 0 Å². The molecule has 0 unspecified atom stereocenters. The van der Waals surface area contributed by atoms with Crippen LogP contribution < -0.4 is 0 Å². The maximum atomic E-state index is 12.7. The number of ether oxygens (including phenoxy) is 1. The highest BCUT2D eigenvalue weighted by atomic mass is 35.5. The van der Waals surface area contributed by atoms with Crippen molar-refractivity contribution in [2.24, 2.45) is 0 Å². The second kappa shape index (κ2) is 11.1. The maximum absolute atomic E-state index is 12.7. The van der Waals surface area contributed by atoms with Crippen molar-refractivity contribution in [1.82, 2.24) is 9.80 Å². The smallest absolute Gasteiger partial charge is 0.415 e. The number of amides is 1. The lowest BCUT2D eigenvalue weighted by molar-refractivity contribution is 0.0151. The van der Waals surface area contributed by atoms with E-state index in [1.54, 1.807) is 4.90 Å². The summed E-state index contributed by atoms with van der Waals surface area (Å²) in [5, 5.41) is 1.44. The van der Waals surface area contributed by atoms with E-state index < -0.39 is 5.60 Å². The summed E-state index contributed by atoms with van der Waals surface area (Å²) in [6.07, 6.45) is 4.41. The lowest BCUT2D eigenvalue weighted by Gasteiger charge is -2.38. The molecule has 1 spiro atoms. The first-order chi connectivity index (χ1) is 17.9. The van der Waals surface area contributed by atoms with Crippen LogP contribution in [0.25, 0.3) is 5.57 Å². The van der Waals surface area contributed by atoms with Gasteiger partial charge >= 0.3 is 6.09 Å². The average molecular weight is 533 g/mol. The molecule has 1 amide bonds. The summed E-state index contributed by atoms with van der Waals surface area (Å²) >= 11 is 12.3. The van der Waals surface area contributed by atoms with E-state index in [-0.39, 0.29) is 6.09 Å². The van der Waals surface area contributed by atoms with Crippen LogP contribution in [0.2, 0.25) is 10.0 Å². The van der Waals surface area contributed by atoms with Crippen molar-refractivity contribution in [1.29, 1.82) is 0 Å². The van der Waals surface area contributed by atoms with Gasteiger partial charge in [-0.15, -0.1) is 0 Å². The first kappa shape index (κ1) is 25.6. The number of nitrogens with zero attached hydrogens (tertiary/aromatic N) is 2. The number of piperidine rings is 1. The highest BCUT2D eigenvalue weighted by Crippen LogP contribution is 2.41. The summed E-state index contributed by atoms with van der Waals surface area (Å²) in [5.41, 5.74) is 4.67. The van der Waals surface area contributed by atoms with Crippen LogP contribution >= 0.6 is 23.2 Å². The summed E-state index contributed by atoms with van der Waals surface area (Å²) in [4.78, 5) is 16.8. The van der Waals surface area contributed by atoms with E-state index in [1.165, 1.54) is 0 Å². The first-order valence-corrected chi connectivity index (χ1v) is 13.4. The average Bonchev–Trinajstić information content (AvgIpc) is 3.13. The van der Waals surface area contributed by atoms with E-state index in [0.29, 0.717) is 6.54 Å². The predicted octanol–water partition coefficient (Wildman–Crippen LogP) is 7.82. The number of carbonyl (C=O) groups is 1. The van der Waals surface area contributed by atoms with Crippen LogP contribution in [0.5, 0.6) is 0 Å². The molecule has 2 heterocycles. The second-order valence-corrected chi connectivity index (χ2v) is 10.5. The van der Waals surface area contributed by atoms with Crippen molar-refractivity contribution >= 4 is 34.9 Å². The molecule has 190 valence electrons. The third-order valence-electron chi connectivity index (χ3n) is 7.31. The number of halogens is 2. The molecule has 0 aliphatic carbocycles. The molecule has 2 saturated heterocycles. The van der Waals surface area contributed by atoms with Gasteiger partial charge in [0.25, 0.3) is 0 Å². The molecule has 0 bridgehead atoms. The number of hydrogen-bond donors (Lipinski definition) is 0. The van der Waals surface area contributed by atoms with Crippen LogP contribution in [0.4, 0.5) is 4.79 Å². The highest BCUT2D eigenvalue weighted by molar-refractivity contribution is 6.31. The number of benzene rings is 3. The molecule has 37 heavy (non-hydrogen) atoms. The van der Waals surface area contributed by atoms with Crippen LogP contribution in [-0.2, 0) is 11.3 Å². The number of rotatable bonds is 7. The van der Waals surface area contributed by atoms with Crippen molar-refractivity contribution in [3.8, 4) is 0 Å². The molecule has 6 heteroatoms. The van der Waals surface area contributed by atoms with E-state index in [4.69, 9.17) is 27.9 Å². The summed E-state index contributed by atoms with van der Waals surface area (Å²) in [6, 6.07) is 25.8. The summed E-state index contributed by atoms with van der Waals surface area (Å²) in [5.74, 6) is 0. The number of hydrogen-bond acceptors (Lipinski definition) is 3. The quantitative estimate of drug-likeness (QED) is 0.311. The fraction of sp³-hybridized carbons (Fsp3) is 0.258. The van der Waals surface area contributed by atoms with Gasteiger partial charge in [-0.2, -0.15) is 0 Å². The molecule has 2 aliphatic rings. The molecule has 3 aromatic rings. The zero-order valence-corrected chi connectivity index (χ0v) is 22.2. The Balaban J connectivity index is 1.22. The van der Waals surface area contributed by atoms with Gasteiger partial charge in [0.2, 0.25) is 0 Å².